The van der Waals surface area contributed by atoms with E-state index in [4.69, 9.17) is 10.5 Å². The van der Waals surface area contributed by atoms with Crippen molar-refractivity contribution in [2.24, 2.45) is 0 Å². The predicted molar refractivity (Wildman–Crippen MR) is 142 cm³/mol. The SMILES string of the molecule is CCc1cc2c(cc1-c1ccc(F)cc1F)C1OC2c2cc(C(=O)NCc3c(C)cc(N)nc3C)ccc21. The first-order chi connectivity index (χ1) is 18.2. The van der Waals surface area contributed by atoms with Crippen molar-refractivity contribution in [2.75, 3.05) is 5.73 Å². The molecule has 3 heterocycles. The van der Waals surface area contributed by atoms with Crippen LogP contribution in [-0.4, -0.2) is 10.9 Å². The Bertz CT molecular complexity index is 1610. The van der Waals surface area contributed by atoms with Crippen LogP contribution in [0.4, 0.5) is 14.6 Å². The number of rotatable bonds is 5. The standard InChI is InChI=1S/C31H27F2N3O2/c1-4-17-10-24-25(13-22(17)20-8-6-19(32)12-27(20)33)29-21-7-5-18(11-23(21)30(24)38-29)31(37)35-14-26-15(2)9-28(34)36-16(26)3/h5-13,29-30H,4,14H2,1-3H3,(H2,34,36)(H,35,37). The number of ether oxygens (including phenoxy) is 1. The second kappa shape index (κ2) is 9.03. The number of pyridine rings is 1. The molecular weight excluding hydrogens is 484 g/mol. The molecule has 192 valence electrons. The number of carbonyl (C=O) groups excluding carboxylic acids is 1. The van der Waals surface area contributed by atoms with Crippen LogP contribution in [0.25, 0.3) is 11.1 Å². The Morgan fingerprint density at radius 3 is 2.42 bits per heavy atom. The fourth-order valence-corrected chi connectivity index (χ4v) is 5.76. The molecule has 3 N–H and O–H groups in total. The lowest BCUT2D eigenvalue weighted by Crippen LogP contribution is -2.24. The molecule has 3 aromatic carbocycles. The van der Waals surface area contributed by atoms with E-state index in [0.717, 1.165) is 56.3 Å². The summed E-state index contributed by atoms with van der Waals surface area (Å²) in [5.74, 6) is -0.898. The van der Waals surface area contributed by atoms with Gasteiger partial charge in [0.1, 0.15) is 29.7 Å². The number of carbonyl (C=O) groups is 1. The Hall–Kier alpha value is -4.10. The number of nitrogens with one attached hydrogen (secondary N) is 1. The van der Waals surface area contributed by atoms with Gasteiger partial charge in [-0.1, -0.05) is 19.1 Å². The van der Waals surface area contributed by atoms with Crippen molar-refractivity contribution < 1.29 is 18.3 Å². The molecule has 0 fully saturated rings. The van der Waals surface area contributed by atoms with Gasteiger partial charge in [0.2, 0.25) is 0 Å². The molecule has 2 atom stereocenters. The molecule has 38 heavy (non-hydrogen) atoms. The number of fused-ring (bicyclic) bond motifs is 8. The lowest BCUT2D eigenvalue weighted by molar-refractivity contribution is 0.0857. The number of hydrogen-bond donors (Lipinski definition) is 2. The van der Waals surface area contributed by atoms with Gasteiger partial charge in [0, 0.05) is 29.4 Å². The van der Waals surface area contributed by atoms with E-state index < -0.39 is 11.6 Å². The van der Waals surface area contributed by atoms with E-state index in [0.29, 0.717) is 29.9 Å². The summed E-state index contributed by atoms with van der Waals surface area (Å²) in [7, 11) is 0. The summed E-state index contributed by atoms with van der Waals surface area (Å²) in [6.07, 6.45) is 0.104. The van der Waals surface area contributed by atoms with Gasteiger partial charge in [-0.2, -0.15) is 0 Å². The fraction of sp³-hybridized carbons (Fsp3) is 0.226. The number of halogens is 2. The van der Waals surface area contributed by atoms with Crippen LogP contribution in [0.3, 0.4) is 0 Å². The molecule has 0 radical (unpaired) electrons. The van der Waals surface area contributed by atoms with E-state index in [2.05, 4.69) is 16.4 Å². The van der Waals surface area contributed by atoms with Gasteiger partial charge < -0.3 is 15.8 Å². The Morgan fingerprint density at radius 1 is 0.947 bits per heavy atom. The van der Waals surface area contributed by atoms with Crippen molar-refractivity contribution in [3.05, 3.63) is 116 Å². The zero-order valence-electron chi connectivity index (χ0n) is 21.4. The first-order valence-corrected chi connectivity index (χ1v) is 12.7. The molecule has 0 aliphatic carbocycles. The summed E-state index contributed by atoms with van der Waals surface area (Å²) >= 11 is 0. The van der Waals surface area contributed by atoms with E-state index in [-0.39, 0.29) is 18.1 Å². The van der Waals surface area contributed by atoms with Crippen molar-refractivity contribution >= 4 is 11.7 Å². The van der Waals surface area contributed by atoms with Crippen LogP contribution < -0.4 is 11.1 Å². The summed E-state index contributed by atoms with van der Waals surface area (Å²) in [5, 5.41) is 3.00. The van der Waals surface area contributed by atoms with Crippen molar-refractivity contribution in [3.8, 4) is 11.1 Å². The zero-order chi connectivity index (χ0) is 26.7. The molecule has 6 rings (SSSR count). The number of nitrogen functional groups attached to an aromatic ring is 1. The van der Waals surface area contributed by atoms with Crippen LogP contribution in [-0.2, 0) is 17.7 Å². The number of aryl methyl sites for hydroxylation is 3. The minimum atomic E-state index is -0.600. The first-order valence-electron chi connectivity index (χ1n) is 12.7. The van der Waals surface area contributed by atoms with E-state index >= 15 is 0 Å². The van der Waals surface area contributed by atoms with Gasteiger partial charge in [0.05, 0.1) is 0 Å². The van der Waals surface area contributed by atoms with Gasteiger partial charge in [-0.25, -0.2) is 13.8 Å². The van der Waals surface area contributed by atoms with Gasteiger partial charge in [-0.05, 0) is 101 Å². The largest absolute Gasteiger partial charge is 0.384 e. The van der Waals surface area contributed by atoms with Gasteiger partial charge in [0.15, 0.2) is 0 Å². The highest BCUT2D eigenvalue weighted by Gasteiger charge is 2.43. The highest BCUT2D eigenvalue weighted by atomic mass is 19.1. The molecule has 2 aliphatic rings. The lowest BCUT2D eigenvalue weighted by atomic mass is 9.82. The van der Waals surface area contributed by atoms with Crippen LogP contribution in [0.2, 0.25) is 0 Å². The monoisotopic (exact) mass is 511 g/mol. The second-order valence-corrected chi connectivity index (χ2v) is 9.97. The average molecular weight is 512 g/mol. The fourth-order valence-electron chi connectivity index (χ4n) is 5.76. The Morgan fingerprint density at radius 2 is 1.68 bits per heavy atom. The molecule has 7 heteroatoms. The summed E-state index contributed by atoms with van der Waals surface area (Å²) in [5.41, 5.74) is 15.2. The Kier molecular flexibility index (Phi) is 5.76. The molecule has 1 amide bonds. The zero-order valence-corrected chi connectivity index (χ0v) is 21.4. The molecule has 1 aromatic heterocycles. The third-order valence-electron chi connectivity index (χ3n) is 7.66. The Labute approximate surface area is 219 Å². The maximum atomic E-state index is 14.7. The van der Waals surface area contributed by atoms with E-state index in [1.54, 1.807) is 12.1 Å². The normalized spacial score (nSPS) is 16.9. The average Bonchev–Trinajstić information content (AvgIpc) is 3.44. The maximum absolute atomic E-state index is 14.7. The molecule has 0 saturated heterocycles. The molecule has 5 nitrogen and oxygen atoms in total. The predicted octanol–water partition coefficient (Wildman–Crippen LogP) is 6.24. The number of amides is 1. The van der Waals surface area contributed by atoms with Gasteiger partial charge in [0.25, 0.3) is 5.91 Å². The number of nitrogens with zero attached hydrogens (tertiary/aromatic N) is 1. The molecular formula is C31H27F2N3O2. The first kappa shape index (κ1) is 24.2. The van der Waals surface area contributed by atoms with E-state index in [9.17, 15) is 13.6 Å². The smallest absolute Gasteiger partial charge is 0.251 e. The molecule has 0 spiro atoms. The minimum absolute atomic E-state index is 0.178. The topological polar surface area (TPSA) is 77.2 Å². The van der Waals surface area contributed by atoms with E-state index in [1.165, 1.54) is 12.1 Å². The lowest BCUT2D eigenvalue weighted by Gasteiger charge is -2.20. The van der Waals surface area contributed by atoms with Gasteiger partial charge in [-0.3, -0.25) is 4.79 Å². The number of anilines is 1. The van der Waals surface area contributed by atoms with Crippen LogP contribution >= 0.6 is 0 Å². The quantitative estimate of drug-likeness (QED) is 0.333. The third kappa shape index (κ3) is 3.85. The third-order valence-corrected chi connectivity index (χ3v) is 7.66. The van der Waals surface area contributed by atoms with Crippen LogP contribution in [0, 0.1) is 25.5 Å². The number of hydrogen-bond acceptors (Lipinski definition) is 4. The molecule has 2 unspecified atom stereocenters. The number of benzene rings is 3. The van der Waals surface area contributed by atoms with Crippen molar-refractivity contribution in [2.45, 2.75) is 45.9 Å². The summed E-state index contributed by atoms with van der Waals surface area (Å²) in [6.45, 7) is 6.20. The molecule has 0 saturated carbocycles. The maximum Gasteiger partial charge on any atom is 0.251 e. The second-order valence-electron chi connectivity index (χ2n) is 9.97. The van der Waals surface area contributed by atoms with Gasteiger partial charge >= 0.3 is 0 Å². The summed E-state index contributed by atoms with van der Waals surface area (Å²) in [4.78, 5) is 17.4. The number of nitrogens with two attached hydrogens (primary N) is 1. The molecule has 4 aromatic rings. The minimum Gasteiger partial charge on any atom is -0.384 e. The summed E-state index contributed by atoms with van der Waals surface area (Å²) in [6, 6.07) is 15.2. The number of aromatic nitrogens is 1. The van der Waals surface area contributed by atoms with Crippen molar-refractivity contribution in [1.82, 2.24) is 10.3 Å². The molecule has 2 aliphatic heterocycles. The van der Waals surface area contributed by atoms with Crippen LogP contribution in [0.1, 0.15) is 74.1 Å². The van der Waals surface area contributed by atoms with Crippen LogP contribution in [0.15, 0.2) is 54.6 Å². The van der Waals surface area contributed by atoms with Gasteiger partial charge in [-0.15, -0.1) is 0 Å². The van der Waals surface area contributed by atoms with Crippen LogP contribution in [0.5, 0.6) is 0 Å². The molecule has 2 bridgehead atoms. The van der Waals surface area contributed by atoms with E-state index in [1.807, 2.05) is 39.0 Å². The van der Waals surface area contributed by atoms with Crippen molar-refractivity contribution in [3.63, 3.8) is 0 Å². The highest BCUT2D eigenvalue weighted by molar-refractivity contribution is 5.94. The summed E-state index contributed by atoms with van der Waals surface area (Å²) < 4.78 is 34.6. The Balaban J connectivity index is 1.29. The van der Waals surface area contributed by atoms with Crippen molar-refractivity contribution in [1.29, 1.82) is 0 Å². The highest BCUT2D eigenvalue weighted by Crippen LogP contribution is 2.55.